The van der Waals surface area contributed by atoms with Gasteiger partial charge in [-0.3, -0.25) is 4.57 Å². The summed E-state index contributed by atoms with van der Waals surface area (Å²) in [4.78, 5) is 21.0. The van der Waals surface area contributed by atoms with Gasteiger partial charge in [0.1, 0.15) is 5.82 Å². The normalized spacial score (nSPS) is 12.1. The second-order valence-corrected chi connectivity index (χ2v) is 26.3. The van der Waals surface area contributed by atoms with Gasteiger partial charge in [0.05, 0.1) is 16.7 Å². The van der Waals surface area contributed by atoms with Crippen molar-refractivity contribution in [3.8, 4) is 50.7 Å². The van der Waals surface area contributed by atoms with Gasteiger partial charge in [-0.25, -0.2) is 9.97 Å². The lowest BCUT2D eigenvalue weighted by molar-refractivity contribution is 1.05. The van der Waals surface area contributed by atoms with Gasteiger partial charge in [0.25, 0.3) is 0 Å². The van der Waals surface area contributed by atoms with Crippen LogP contribution in [-0.2, 0) is 0 Å². The van der Waals surface area contributed by atoms with Gasteiger partial charge in [-0.2, -0.15) is 0 Å². The summed E-state index contributed by atoms with van der Waals surface area (Å²) in [7, 11) is -4.72. The van der Waals surface area contributed by atoms with Gasteiger partial charge in [0.2, 0.25) is 0 Å². The zero-order valence-corrected chi connectivity index (χ0v) is 46.0. The van der Waals surface area contributed by atoms with Gasteiger partial charge < -0.3 is 0 Å². The lowest BCUT2D eigenvalue weighted by Crippen LogP contribution is -2.10. The number of hydrogen-bond donors (Lipinski definition) is 0. The van der Waals surface area contributed by atoms with Crippen molar-refractivity contribution in [3.05, 3.63) is 334 Å². The highest BCUT2D eigenvalue weighted by atomic mass is 32.3. The summed E-state index contributed by atoms with van der Waals surface area (Å²) in [6, 6.07) is 123. The Kier molecular flexibility index (Phi) is 13.1. The topological polar surface area (TPSA) is 30.7 Å². The minimum atomic E-state index is -2.36. The van der Waals surface area contributed by atoms with Crippen LogP contribution in [0.2, 0.25) is 0 Å². The van der Waals surface area contributed by atoms with E-state index in [2.05, 4.69) is 338 Å². The molecule has 0 unspecified atom stereocenters. The summed E-state index contributed by atoms with van der Waals surface area (Å²) < 4.78 is 2.32. The van der Waals surface area contributed by atoms with Crippen molar-refractivity contribution in [1.82, 2.24) is 14.5 Å². The van der Waals surface area contributed by atoms with Gasteiger partial charge in [-0.1, -0.05) is 224 Å². The molecule has 12 aromatic carbocycles. The third kappa shape index (κ3) is 8.84. The Morgan fingerprint density at radius 3 is 0.951 bits per heavy atom. The maximum absolute atomic E-state index is 5.73. The summed E-state index contributed by atoms with van der Waals surface area (Å²) in [6.45, 7) is 0. The molecule has 2 heterocycles. The Morgan fingerprint density at radius 2 is 0.543 bits per heavy atom. The van der Waals surface area contributed by atoms with Crippen molar-refractivity contribution in [2.75, 3.05) is 0 Å². The van der Waals surface area contributed by atoms with Gasteiger partial charge in [-0.05, 0) is 125 Å². The summed E-state index contributed by atoms with van der Waals surface area (Å²) in [5.74, 6) is 1.45. The Hall–Kier alpha value is -9.78. The average Bonchev–Trinajstić information content (AvgIpc) is 4.01. The predicted molar refractivity (Wildman–Crippen MR) is 338 cm³/mol. The molecule has 0 amide bonds. The summed E-state index contributed by atoms with van der Waals surface area (Å²) in [5.41, 5.74) is 9.60. The molecule has 0 bridgehead atoms. The molecule has 0 saturated heterocycles. The minimum Gasteiger partial charge on any atom is -0.294 e. The SMILES string of the molecule is c1ccc(-c2cccc(S(c3ccccc3)(c3ccccc3)c3cc(-c4cc(-n5c6ccccc6c6ccccc65)nc(-c5ccccc5)n4)cc(S(c4ccccc4)(c4ccccc4)c4cccc(-c5ccccc5)c4)c3)c2)cc1. The maximum atomic E-state index is 5.73. The molecule has 81 heavy (non-hydrogen) atoms. The Labute approximate surface area is 476 Å². The van der Waals surface area contributed by atoms with Gasteiger partial charge in [0, 0.05) is 67.1 Å². The van der Waals surface area contributed by atoms with E-state index in [0.717, 1.165) is 33.7 Å². The number of rotatable bonds is 13. The monoisotopic (exact) mass is 1070 g/mol. The zero-order valence-electron chi connectivity index (χ0n) is 44.4. The highest BCUT2D eigenvalue weighted by Crippen LogP contribution is 2.78. The standard InChI is InChI=1S/C76H55N3S2/c1-8-28-56(29-9-1)59-34-26-44-66(50-59)80(62-36-14-4-15-37-62,63-38-16-5-17-39-63)68-52-61(72-55-75(78-76(77-72)58-32-12-3-13-33-58)79-73-48-24-22-46-70(73)71-47-23-25-49-74(71)79)53-69(54-68)81(64-40-18-6-19-41-64,65-42-20-7-21-43-65)67-45-27-35-60(51-67)57-30-10-2-11-31-57/h1-55H. The molecule has 0 spiro atoms. The van der Waals surface area contributed by atoms with E-state index in [0.29, 0.717) is 5.82 Å². The lowest BCUT2D eigenvalue weighted by Gasteiger charge is -2.45. The third-order valence-electron chi connectivity index (χ3n) is 15.4. The fraction of sp³-hybridized carbons (Fsp3) is 0. The molecule has 2 aromatic heterocycles. The molecule has 0 radical (unpaired) electrons. The fourth-order valence-corrected chi connectivity index (χ4v) is 19.8. The molecular weight excluding hydrogens is 1020 g/mol. The summed E-state index contributed by atoms with van der Waals surface area (Å²) >= 11 is 0. The first-order valence-corrected chi connectivity index (χ1v) is 30.7. The molecule has 0 fully saturated rings. The molecule has 386 valence electrons. The van der Waals surface area contributed by atoms with Crippen LogP contribution in [0, 0.1) is 0 Å². The highest BCUT2D eigenvalue weighted by molar-refractivity contribution is 8.34. The number of benzene rings is 12. The van der Waals surface area contributed by atoms with Crippen LogP contribution in [0.15, 0.2) is 373 Å². The van der Waals surface area contributed by atoms with Gasteiger partial charge in [0.15, 0.2) is 5.82 Å². The van der Waals surface area contributed by atoms with Gasteiger partial charge >= 0.3 is 0 Å². The Bertz CT molecular complexity index is 4180. The van der Waals surface area contributed by atoms with E-state index in [-0.39, 0.29) is 0 Å². The predicted octanol–water partition coefficient (Wildman–Crippen LogP) is 20.9. The third-order valence-corrected chi connectivity index (χ3v) is 23.1. The first-order chi connectivity index (χ1) is 40.2. The smallest absolute Gasteiger partial charge is 0.162 e. The largest absolute Gasteiger partial charge is 0.294 e. The Morgan fingerprint density at radius 1 is 0.222 bits per heavy atom. The van der Waals surface area contributed by atoms with Crippen LogP contribution in [0.1, 0.15) is 0 Å². The zero-order chi connectivity index (χ0) is 54.0. The molecule has 5 heteroatoms. The number of aromatic nitrogens is 3. The van der Waals surface area contributed by atoms with Crippen molar-refractivity contribution in [3.63, 3.8) is 0 Å². The summed E-state index contributed by atoms with van der Waals surface area (Å²) in [5, 5.41) is 2.35. The summed E-state index contributed by atoms with van der Waals surface area (Å²) in [6.07, 6.45) is 0. The molecule has 0 aliphatic heterocycles. The molecule has 14 aromatic rings. The van der Waals surface area contributed by atoms with Crippen molar-refractivity contribution >= 4 is 41.9 Å². The second kappa shape index (κ2) is 21.5. The van der Waals surface area contributed by atoms with Crippen molar-refractivity contribution in [2.45, 2.75) is 39.2 Å². The van der Waals surface area contributed by atoms with E-state index < -0.39 is 20.1 Å². The molecule has 14 rings (SSSR count). The molecular formula is C76H55N3S2. The fourth-order valence-electron chi connectivity index (χ4n) is 11.8. The quantitative estimate of drug-likeness (QED) is 0.115. The molecule has 0 saturated carbocycles. The van der Waals surface area contributed by atoms with Crippen molar-refractivity contribution in [2.24, 2.45) is 0 Å². The van der Waals surface area contributed by atoms with Crippen LogP contribution < -0.4 is 0 Å². The van der Waals surface area contributed by atoms with E-state index in [1.54, 1.807) is 0 Å². The van der Waals surface area contributed by atoms with Crippen LogP contribution in [0.5, 0.6) is 0 Å². The van der Waals surface area contributed by atoms with Crippen molar-refractivity contribution < 1.29 is 0 Å². The second-order valence-electron chi connectivity index (χ2n) is 20.1. The number of nitrogens with zero attached hydrogens (tertiary/aromatic N) is 3. The molecule has 0 aliphatic rings. The van der Waals surface area contributed by atoms with E-state index in [1.165, 1.54) is 72.2 Å². The number of para-hydroxylation sites is 2. The minimum absolute atomic E-state index is 0.650. The first kappa shape index (κ1) is 49.5. The van der Waals surface area contributed by atoms with Crippen LogP contribution in [0.3, 0.4) is 0 Å². The maximum Gasteiger partial charge on any atom is 0.162 e. The number of hydrogen-bond acceptors (Lipinski definition) is 2. The average molecular weight is 1070 g/mol. The van der Waals surface area contributed by atoms with Crippen LogP contribution >= 0.6 is 20.1 Å². The lowest BCUT2D eigenvalue weighted by atomic mass is 10.1. The van der Waals surface area contributed by atoms with Crippen LogP contribution in [0.4, 0.5) is 0 Å². The van der Waals surface area contributed by atoms with E-state index in [9.17, 15) is 0 Å². The number of fused-ring (bicyclic) bond motifs is 3. The Balaban J connectivity index is 1.16. The molecule has 0 atom stereocenters. The molecule has 3 nitrogen and oxygen atoms in total. The molecule has 0 N–H and O–H groups in total. The van der Waals surface area contributed by atoms with E-state index >= 15 is 0 Å². The first-order valence-electron chi connectivity index (χ1n) is 27.4. The van der Waals surface area contributed by atoms with E-state index in [4.69, 9.17) is 9.97 Å². The van der Waals surface area contributed by atoms with Crippen LogP contribution in [0.25, 0.3) is 72.5 Å². The van der Waals surface area contributed by atoms with E-state index in [1.807, 2.05) is 0 Å². The highest BCUT2D eigenvalue weighted by Gasteiger charge is 2.39. The van der Waals surface area contributed by atoms with Crippen molar-refractivity contribution in [1.29, 1.82) is 0 Å². The van der Waals surface area contributed by atoms with Crippen LogP contribution in [-0.4, -0.2) is 14.5 Å². The molecule has 0 aliphatic carbocycles. The van der Waals surface area contributed by atoms with Gasteiger partial charge in [-0.15, -0.1) is 20.1 Å².